The van der Waals surface area contributed by atoms with E-state index in [0.29, 0.717) is 19.5 Å². The highest BCUT2D eigenvalue weighted by Gasteiger charge is 2.20. The van der Waals surface area contributed by atoms with E-state index in [1.165, 1.54) is 0 Å². The molecular formula is C15H27N3O3. The molecule has 0 aromatic rings. The maximum absolute atomic E-state index is 11.8. The Morgan fingerprint density at radius 3 is 3.00 bits per heavy atom. The molecule has 2 rings (SSSR count). The van der Waals surface area contributed by atoms with Gasteiger partial charge in [-0.05, 0) is 32.7 Å². The van der Waals surface area contributed by atoms with E-state index < -0.39 is 0 Å². The van der Waals surface area contributed by atoms with Gasteiger partial charge in [0, 0.05) is 39.2 Å². The topological polar surface area (TPSA) is 61.9 Å². The number of nitrogens with zero attached hydrogens (tertiary/aromatic N) is 2. The second-order valence-electron chi connectivity index (χ2n) is 6.02. The van der Waals surface area contributed by atoms with Crippen LogP contribution in [0.4, 0.5) is 0 Å². The molecule has 1 atom stereocenters. The van der Waals surface area contributed by atoms with Crippen molar-refractivity contribution in [3.63, 3.8) is 0 Å². The first kappa shape index (κ1) is 16.2. The predicted octanol–water partition coefficient (Wildman–Crippen LogP) is 0.226. The van der Waals surface area contributed by atoms with Crippen molar-refractivity contribution in [3.8, 4) is 0 Å². The Morgan fingerprint density at radius 1 is 1.48 bits per heavy atom. The number of likely N-dealkylation sites (N-methyl/N-ethyl adjacent to an activating group) is 1. The van der Waals surface area contributed by atoms with Gasteiger partial charge in [-0.1, -0.05) is 0 Å². The summed E-state index contributed by atoms with van der Waals surface area (Å²) < 4.78 is 5.56. The molecule has 1 N–H and O–H groups in total. The molecular weight excluding hydrogens is 270 g/mol. The first-order chi connectivity index (χ1) is 10.1. The van der Waals surface area contributed by atoms with Gasteiger partial charge in [0.25, 0.3) is 0 Å². The van der Waals surface area contributed by atoms with Gasteiger partial charge in [-0.15, -0.1) is 0 Å². The SMILES string of the molecule is CN(CC(=O)NCCCN1CCCC1=O)CC1CCCO1. The van der Waals surface area contributed by atoms with Crippen LogP contribution in [0.2, 0.25) is 0 Å². The largest absolute Gasteiger partial charge is 0.377 e. The lowest BCUT2D eigenvalue weighted by atomic mass is 10.2. The second kappa shape index (κ2) is 8.34. The minimum atomic E-state index is 0.0447. The van der Waals surface area contributed by atoms with E-state index in [2.05, 4.69) is 5.32 Å². The number of ether oxygens (including phenoxy) is 1. The molecule has 0 aliphatic carbocycles. The Labute approximate surface area is 126 Å². The summed E-state index contributed by atoms with van der Waals surface area (Å²) in [4.78, 5) is 27.1. The number of hydrogen-bond donors (Lipinski definition) is 1. The average molecular weight is 297 g/mol. The highest BCUT2D eigenvalue weighted by molar-refractivity contribution is 5.78. The zero-order valence-corrected chi connectivity index (χ0v) is 13.0. The van der Waals surface area contributed by atoms with Gasteiger partial charge in [0.05, 0.1) is 12.6 Å². The summed E-state index contributed by atoms with van der Waals surface area (Å²) in [7, 11) is 1.95. The van der Waals surface area contributed by atoms with Gasteiger partial charge < -0.3 is 15.0 Å². The Bertz CT molecular complexity index is 356. The van der Waals surface area contributed by atoms with Crippen LogP contribution in [0.25, 0.3) is 0 Å². The van der Waals surface area contributed by atoms with Crippen molar-refractivity contribution in [2.45, 2.75) is 38.2 Å². The van der Waals surface area contributed by atoms with E-state index in [1.807, 2.05) is 16.8 Å². The molecule has 2 heterocycles. The third kappa shape index (κ3) is 5.63. The first-order valence-electron chi connectivity index (χ1n) is 8.00. The third-order valence-corrected chi connectivity index (χ3v) is 4.05. The van der Waals surface area contributed by atoms with Crippen molar-refractivity contribution < 1.29 is 14.3 Å². The van der Waals surface area contributed by atoms with Crippen molar-refractivity contribution in [1.82, 2.24) is 15.1 Å². The van der Waals surface area contributed by atoms with Gasteiger partial charge in [-0.25, -0.2) is 0 Å². The molecule has 2 amide bonds. The Morgan fingerprint density at radius 2 is 2.33 bits per heavy atom. The number of amides is 2. The van der Waals surface area contributed by atoms with E-state index in [1.54, 1.807) is 0 Å². The van der Waals surface area contributed by atoms with Gasteiger partial charge >= 0.3 is 0 Å². The summed E-state index contributed by atoms with van der Waals surface area (Å²) >= 11 is 0. The van der Waals surface area contributed by atoms with Crippen LogP contribution in [0, 0.1) is 0 Å². The second-order valence-corrected chi connectivity index (χ2v) is 6.02. The van der Waals surface area contributed by atoms with Crippen LogP contribution in [0.5, 0.6) is 0 Å². The van der Waals surface area contributed by atoms with Crippen LogP contribution in [0.3, 0.4) is 0 Å². The normalized spacial score (nSPS) is 22.3. The first-order valence-corrected chi connectivity index (χ1v) is 8.00. The lowest BCUT2D eigenvalue weighted by Crippen LogP contribution is -2.39. The van der Waals surface area contributed by atoms with E-state index in [-0.39, 0.29) is 17.9 Å². The minimum Gasteiger partial charge on any atom is -0.377 e. The molecule has 2 aliphatic heterocycles. The summed E-state index contributed by atoms with van der Waals surface area (Å²) in [5.74, 6) is 0.292. The highest BCUT2D eigenvalue weighted by Crippen LogP contribution is 2.12. The molecule has 120 valence electrons. The molecule has 1 unspecified atom stereocenters. The van der Waals surface area contributed by atoms with Crippen LogP contribution < -0.4 is 5.32 Å². The van der Waals surface area contributed by atoms with E-state index in [4.69, 9.17) is 4.74 Å². The van der Waals surface area contributed by atoms with Crippen molar-refractivity contribution >= 4 is 11.8 Å². The number of carbonyl (C=O) groups is 2. The number of hydrogen-bond acceptors (Lipinski definition) is 4. The number of rotatable bonds is 8. The lowest BCUT2D eigenvalue weighted by molar-refractivity contribution is -0.127. The van der Waals surface area contributed by atoms with E-state index in [9.17, 15) is 9.59 Å². The quantitative estimate of drug-likeness (QED) is 0.651. The maximum atomic E-state index is 11.8. The van der Waals surface area contributed by atoms with Crippen molar-refractivity contribution in [2.75, 3.05) is 46.4 Å². The fourth-order valence-corrected chi connectivity index (χ4v) is 2.94. The lowest BCUT2D eigenvalue weighted by Gasteiger charge is -2.20. The van der Waals surface area contributed by atoms with Gasteiger partial charge in [0.15, 0.2) is 0 Å². The summed E-state index contributed by atoms with van der Waals surface area (Å²) in [5.41, 5.74) is 0. The Kier molecular flexibility index (Phi) is 6.45. The molecule has 21 heavy (non-hydrogen) atoms. The highest BCUT2D eigenvalue weighted by atomic mass is 16.5. The molecule has 2 fully saturated rings. The fraction of sp³-hybridized carbons (Fsp3) is 0.867. The summed E-state index contributed by atoms with van der Waals surface area (Å²) in [6, 6.07) is 0. The zero-order chi connectivity index (χ0) is 15.1. The summed E-state index contributed by atoms with van der Waals surface area (Å²) in [5, 5.41) is 2.92. The van der Waals surface area contributed by atoms with E-state index in [0.717, 1.165) is 51.9 Å². The number of nitrogens with one attached hydrogen (secondary N) is 1. The van der Waals surface area contributed by atoms with Crippen LogP contribution >= 0.6 is 0 Å². The number of likely N-dealkylation sites (tertiary alicyclic amines) is 1. The summed E-state index contributed by atoms with van der Waals surface area (Å²) in [6.45, 7) is 4.33. The smallest absolute Gasteiger partial charge is 0.234 e. The van der Waals surface area contributed by atoms with Crippen molar-refractivity contribution in [2.24, 2.45) is 0 Å². The van der Waals surface area contributed by atoms with Crippen LogP contribution in [0.15, 0.2) is 0 Å². The van der Waals surface area contributed by atoms with E-state index >= 15 is 0 Å². The van der Waals surface area contributed by atoms with Crippen molar-refractivity contribution in [3.05, 3.63) is 0 Å². The molecule has 0 radical (unpaired) electrons. The zero-order valence-electron chi connectivity index (χ0n) is 13.0. The summed E-state index contributed by atoms with van der Waals surface area (Å²) in [6.07, 6.45) is 4.98. The molecule has 6 nitrogen and oxygen atoms in total. The third-order valence-electron chi connectivity index (χ3n) is 4.05. The van der Waals surface area contributed by atoms with Crippen LogP contribution in [-0.4, -0.2) is 74.1 Å². The Balaban J connectivity index is 1.51. The predicted molar refractivity (Wildman–Crippen MR) is 79.9 cm³/mol. The standard InChI is InChI=1S/C15H27N3O3/c1-17(11-13-5-3-10-21-13)12-14(19)16-7-4-9-18-8-2-6-15(18)20/h13H,2-12H2,1H3,(H,16,19). The van der Waals surface area contributed by atoms with Gasteiger partial charge in [-0.3, -0.25) is 14.5 Å². The molecule has 2 aliphatic rings. The molecule has 2 saturated heterocycles. The van der Waals surface area contributed by atoms with Gasteiger partial charge in [0.1, 0.15) is 0 Å². The monoisotopic (exact) mass is 297 g/mol. The number of carbonyl (C=O) groups excluding carboxylic acids is 2. The molecule has 0 bridgehead atoms. The molecule has 0 spiro atoms. The Hall–Kier alpha value is -1.14. The minimum absolute atomic E-state index is 0.0447. The van der Waals surface area contributed by atoms with Crippen LogP contribution in [0.1, 0.15) is 32.1 Å². The molecule has 6 heteroatoms. The molecule has 0 aromatic carbocycles. The molecule has 0 aromatic heterocycles. The maximum Gasteiger partial charge on any atom is 0.234 e. The fourth-order valence-electron chi connectivity index (χ4n) is 2.94. The van der Waals surface area contributed by atoms with Gasteiger partial charge in [0.2, 0.25) is 11.8 Å². The van der Waals surface area contributed by atoms with Crippen LogP contribution in [-0.2, 0) is 14.3 Å². The van der Waals surface area contributed by atoms with Gasteiger partial charge in [-0.2, -0.15) is 0 Å². The molecule has 0 saturated carbocycles. The van der Waals surface area contributed by atoms with Crippen molar-refractivity contribution in [1.29, 1.82) is 0 Å². The average Bonchev–Trinajstić information content (AvgIpc) is 3.07.